The lowest BCUT2D eigenvalue weighted by Gasteiger charge is -1.99. The van der Waals surface area contributed by atoms with Crippen LogP contribution in [0.3, 0.4) is 0 Å². The average molecular weight is 277 g/mol. The topological polar surface area (TPSA) is 47.9 Å². The number of benzene rings is 2. The highest BCUT2D eigenvalue weighted by atomic mass is 16.5. The van der Waals surface area contributed by atoms with Crippen LogP contribution in [0.4, 0.5) is 0 Å². The molecule has 0 saturated carbocycles. The van der Waals surface area contributed by atoms with Crippen molar-refractivity contribution in [3.63, 3.8) is 0 Å². The minimum absolute atomic E-state index is 0.307. The summed E-state index contributed by atoms with van der Waals surface area (Å²) >= 11 is 0. The molecule has 0 bridgehead atoms. The van der Waals surface area contributed by atoms with Gasteiger partial charge in [0, 0.05) is 11.1 Å². The molecular weight excluding hydrogens is 266 g/mol. The van der Waals surface area contributed by atoms with E-state index in [1.165, 1.54) is 0 Å². The number of hydrogen-bond donors (Lipinski definition) is 0. The van der Waals surface area contributed by atoms with Crippen LogP contribution < -0.4 is 0 Å². The minimum Gasteiger partial charge on any atom is -0.471 e. The number of esters is 1. The van der Waals surface area contributed by atoms with Gasteiger partial charge in [0.05, 0.1) is 5.56 Å². The van der Waals surface area contributed by atoms with Crippen LogP contribution in [0.15, 0.2) is 65.3 Å². The number of ether oxygens (including phenoxy) is 2. The van der Waals surface area contributed by atoms with Crippen molar-refractivity contribution in [2.24, 2.45) is 4.99 Å². The first kappa shape index (κ1) is 11.9. The first-order valence-electron chi connectivity index (χ1n) is 6.64. The largest absolute Gasteiger partial charge is 0.471 e. The van der Waals surface area contributed by atoms with Crippen molar-refractivity contribution < 1.29 is 14.3 Å². The molecule has 0 saturated heterocycles. The number of hydrogen-bond acceptors (Lipinski definition) is 4. The van der Waals surface area contributed by atoms with Gasteiger partial charge in [0.1, 0.15) is 12.3 Å². The summed E-state index contributed by atoms with van der Waals surface area (Å²) in [6, 6.07) is 17.0. The standard InChI is InChI=1S/C17H11NO3/c19-17-13-9-5-4-8-12(13)15(21-17)14-10-20-16(18-14)11-6-2-1-3-7-11/h1-9H,10H2. The van der Waals surface area contributed by atoms with E-state index in [-0.39, 0.29) is 5.97 Å². The van der Waals surface area contributed by atoms with E-state index < -0.39 is 0 Å². The summed E-state index contributed by atoms with van der Waals surface area (Å²) in [4.78, 5) is 16.3. The molecule has 2 aromatic rings. The van der Waals surface area contributed by atoms with Gasteiger partial charge in [-0.3, -0.25) is 0 Å². The molecule has 0 aliphatic carbocycles. The zero-order valence-corrected chi connectivity index (χ0v) is 11.1. The number of carbonyl (C=O) groups excluding carboxylic acids is 1. The Balaban J connectivity index is 1.79. The molecule has 2 aliphatic rings. The summed E-state index contributed by atoms with van der Waals surface area (Å²) in [5.41, 5.74) is 2.90. The fraction of sp³-hybridized carbons (Fsp3) is 0.0588. The Kier molecular flexibility index (Phi) is 2.60. The van der Waals surface area contributed by atoms with Gasteiger partial charge in [0.15, 0.2) is 5.76 Å². The maximum Gasteiger partial charge on any atom is 0.344 e. The monoisotopic (exact) mass is 277 g/mol. The number of aliphatic imine (C=N–C) groups is 1. The van der Waals surface area contributed by atoms with E-state index >= 15 is 0 Å². The molecule has 0 atom stereocenters. The van der Waals surface area contributed by atoms with E-state index in [4.69, 9.17) is 9.47 Å². The molecule has 0 fully saturated rings. The first-order chi connectivity index (χ1) is 10.3. The molecule has 2 heterocycles. The van der Waals surface area contributed by atoms with Crippen LogP contribution in [-0.2, 0) is 9.47 Å². The van der Waals surface area contributed by atoms with Gasteiger partial charge in [0.25, 0.3) is 0 Å². The Bertz CT molecular complexity index is 791. The Hall–Kier alpha value is -2.88. The maximum atomic E-state index is 11.8. The summed E-state index contributed by atoms with van der Waals surface area (Å²) in [6.07, 6.45) is 0. The van der Waals surface area contributed by atoms with Gasteiger partial charge >= 0.3 is 5.97 Å². The summed E-state index contributed by atoms with van der Waals surface area (Å²) < 4.78 is 11.0. The van der Waals surface area contributed by atoms with Crippen LogP contribution in [0.2, 0.25) is 0 Å². The Morgan fingerprint density at radius 3 is 2.43 bits per heavy atom. The highest BCUT2D eigenvalue weighted by molar-refractivity contribution is 6.04. The quantitative estimate of drug-likeness (QED) is 0.753. The van der Waals surface area contributed by atoms with E-state index in [0.29, 0.717) is 29.5 Å². The maximum absolute atomic E-state index is 11.8. The molecule has 0 spiro atoms. The first-order valence-corrected chi connectivity index (χ1v) is 6.64. The van der Waals surface area contributed by atoms with Gasteiger partial charge in [-0.25, -0.2) is 9.79 Å². The highest BCUT2D eigenvalue weighted by Gasteiger charge is 2.30. The zero-order valence-electron chi connectivity index (χ0n) is 11.1. The van der Waals surface area contributed by atoms with Gasteiger partial charge in [-0.05, 0) is 18.2 Å². The van der Waals surface area contributed by atoms with Gasteiger partial charge in [-0.2, -0.15) is 0 Å². The lowest BCUT2D eigenvalue weighted by molar-refractivity contribution is 0.0713. The van der Waals surface area contributed by atoms with Crippen LogP contribution >= 0.6 is 0 Å². The van der Waals surface area contributed by atoms with Gasteiger partial charge < -0.3 is 9.47 Å². The number of rotatable bonds is 1. The van der Waals surface area contributed by atoms with Crippen molar-refractivity contribution in [1.29, 1.82) is 0 Å². The van der Waals surface area contributed by atoms with Crippen molar-refractivity contribution in [3.8, 4) is 0 Å². The number of fused-ring (bicyclic) bond motifs is 1. The molecule has 4 rings (SSSR count). The van der Waals surface area contributed by atoms with E-state index in [1.807, 2.05) is 48.5 Å². The van der Waals surface area contributed by atoms with Gasteiger partial charge in [-0.15, -0.1) is 0 Å². The number of carbonyl (C=O) groups is 1. The second kappa shape index (κ2) is 4.59. The summed E-state index contributed by atoms with van der Waals surface area (Å²) in [5.74, 6) is 0.719. The summed E-state index contributed by atoms with van der Waals surface area (Å²) in [6.45, 7) is 0.307. The average Bonchev–Trinajstić information content (AvgIpc) is 3.14. The van der Waals surface area contributed by atoms with Crippen LogP contribution in [-0.4, -0.2) is 18.5 Å². The molecule has 0 N–H and O–H groups in total. The molecule has 0 radical (unpaired) electrons. The second-order valence-electron chi connectivity index (χ2n) is 4.78. The van der Waals surface area contributed by atoms with Crippen molar-refractivity contribution >= 4 is 17.6 Å². The molecule has 21 heavy (non-hydrogen) atoms. The molecule has 4 nitrogen and oxygen atoms in total. The highest BCUT2D eigenvalue weighted by Crippen LogP contribution is 2.34. The Morgan fingerprint density at radius 1 is 0.905 bits per heavy atom. The van der Waals surface area contributed by atoms with E-state index in [1.54, 1.807) is 6.07 Å². The summed E-state index contributed by atoms with van der Waals surface area (Å²) in [5, 5.41) is 0. The predicted octanol–water partition coefficient (Wildman–Crippen LogP) is 3.00. The molecule has 102 valence electrons. The fourth-order valence-electron chi connectivity index (χ4n) is 2.44. The van der Waals surface area contributed by atoms with Crippen LogP contribution in [0.5, 0.6) is 0 Å². The second-order valence-corrected chi connectivity index (χ2v) is 4.78. The third-order valence-electron chi connectivity index (χ3n) is 3.45. The van der Waals surface area contributed by atoms with E-state index in [2.05, 4.69) is 4.99 Å². The smallest absolute Gasteiger partial charge is 0.344 e. The zero-order chi connectivity index (χ0) is 14.2. The molecule has 4 heteroatoms. The van der Waals surface area contributed by atoms with Crippen LogP contribution in [0.25, 0.3) is 5.76 Å². The van der Waals surface area contributed by atoms with E-state index in [9.17, 15) is 4.79 Å². The molecule has 2 aliphatic heterocycles. The van der Waals surface area contributed by atoms with Gasteiger partial charge in [0.2, 0.25) is 5.90 Å². The predicted molar refractivity (Wildman–Crippen MR) is 77.7 cm³/mol. The molecule has 0 unspecified atom stereocenters. The minimum atomic E-state index is -0.337. The molecule has 0 amide bonds. The third kappa shape index (κ3) is 1.92. The van der Waals surface area contributed by atoms with Crippen molar-refractivity contribution in [1.82, 2.24) is 0 Å². The SMILES string of the molecule is O=C1OC(=C2COC(c3ccccc3)=N2)c2ccccc21. The van der Waals surface area contributed by atoms with Crippen molar-refractivity contribution in [2.75, 3.05) is 6.61 Å². The van der Waals surface area contributed by atoms with E-state index in [0.717, 1.165) is 11.1 Å². The lowest BCUT2D eigenvalue weighted by Crippen LogP contribution is -1.99. The molecule has 0 aromatic heterocycles. The van der Waals surface area contributed by atoms with Crippen molar-refractivity contribution in [2.45, 2.75) is 0 Å². The van der Waals surface area contributed by atoms with Crippen LogP contribution in [0.1, 0.15) is 21.5 Å². The van der Waals surface area contributed by atoms with Gasteiger partial charge in [-0.1, -0.05) is 36.4 Å². The summed E-state index contributed by atoms with van der Waals surface area (Å²) in [7, 11) is 0. The normalized spacial score (nSPS) is 19.8. The molecular formula is C17H11NO3. The Morgan fingerprint density at radius 2 is 1.62 bits per heavy atom. The lowest BCUT2D eigenvalue weighted by atomic mass is 10.1. The number of cyclic esters (lactones) is 1. The molecule has 2 aromatic carbocycles. The third-order valence-corrected chi connectivity index (χ3v) is 3.45. The van der Waals surface area contributed by atoms with Crippen LogP contribution in [0, 0.1) is 0 Å². The number of nitrogens with zero attached hydrogens (tertiary/aromatic N) is 1. The fourth-order valence-corrected chi connectivity index (χ4v) is 2.44. The Labute approximate surface area is 121 Å². The van der Waals surface area contributed by atoms with Crippen molar-refractivity contribution in [3.05, 3.63) is 77.0 Å².